The summed E-state index contributed by atoms with van der Waals surface area (Å²) in [7, 11) is -2.92. The monoisotopic (exact) mass is 245 g/mol. The third kappa shape index (κ3) is 2.57. The minimum Gasteiger partial charge on any atom is -0.348 e. The highest BCUT2D eigenvalue weighted by molar-refractivity contribution is 7.91. The van der Waals surface area contributed by atoms with Crippen molar-refractivity contribution >= 4 is 27.1 Å². The maximum atomic E-state index is 11.6. The van der Waals surface area contributed by atoms with Crippen LogP contribution in [0, 0.1) is 0 Å². The predicted octanol–water partition coefficient (Wildman–Crippen LogP) is 0.665. The normalized spacial score (nSPS) is 23.9. The summed E-state index contributed by atoms with van der Waals surface area (Å²) in [6.07, 6.45) is 0.526. The molecule has 1 atom stereocenters. The summed E-state index contributed by atoms with van der Waals surface area (Å²) in [6, 6.07) is 1.51. The number of amides is 1. The molecule has 0 radical (unpaired) electrons. The lowest BCUT2D eigenvalue weighted by atomic mass is 10.2. The van der Waals surface area contributed by atoms with E-state index in [2.05, 4.69) is 5.32 Å². The van der Waals surface area contributed by atoms with Crippen LogP contribution in [-0.2, 0) is 9.84 Å². The molecular weight excluding hydrogens is 234 g/mol. The third-order valence-corrected chi connectivity index (χ3v) is 4.80. The van der Waals surface area contributed by atoms with Gasteiger partial charge in [0, 0.05) is 17.0 Å². The summed E-state index contributed by atoms with van der Waals surface area (Å²) < 4.78 is 22.3. The van der Waals surface area contributed by atoms with E-state index in [1.165, 1.54) is 11.3 Å². The van der Waals surface area contributed by atoms with E-state index in [1.54, 1.807) is 11.4 Å². The van der Waals surface area contributed by atoms with Crippen LogP contribution in [0.2, 0.25) is 0 Å². The molecule has 0 saturated carbocycles. The second kappa shape index (κ2) is 3.94. The summed E-state index contributed by atoms with van der Waals surface area (Å²) in [5.41, 5.74) is 0.601. The molecule has 1 aromatic heterocycles. The molecule has 4 nitrogen and oxygen atoms in total. The zero-order valence-corrected chi connectivity index (χ0v) is 9.60. The molecule has 1 aliphatic rings. The van der Waals surface area contributed by atoms with Crippen LogP contribution in [0.1, 0.15) is 16.8 Å². The van der Waals surface area contributed by atoms with Crippen molar-refractivity contribution in [3.63, 3.8) is 0 Å². The molecule has 82 valence electrons. The highest BCUT2D eigenvalue weighted by atomic mass is 32.2. The Balaban J connectivity index is 1.97. The van der Waals surface area contributed by atoms with Crippen molar-refractivity contribution in [2.24, 2.45) is 0 Å². The van der Waals surface area contributed by atoms with Crippen molar-refractivity contribution in [2.45, 2.75) is 12.5 Å². The van der Waals surface area contributed by atoms with Crippen LogP contribution < -0.4 is 5.32 Å². The molecule has 1 fully saturated rings. The van der Waals surface area contributed by atoms with Gasteiger partial charge in [0.25, 0.3) is 5.91 Å². The smallest absolute Gasteiger partial charge is 0.252 e. The van der Waals surface area contributed by atoms with E-state index in [0.29, 0.717) is 12.0 Å². The predicted molar refractivity (Wildman–Crippen MR) is 58.8 cm³/mol. The number of carbonyl (C=O) groups excluding carboxylic acids is 1. The fraction of sp³-hybridized carbons (Fsp3) is 0.444. The minimum atomic E-state index is -2.92. The topological polar surface area (TPSA) is 63.2 Å². The van der Waals surface area contributed by atoms with Gasteiger partial charge in [-0.05, 0) is 17.9 Å². The van der Waals surface area contributed by atoms with Crippen molar-refractivity contribution in [1.82, 2.24) is 5.32 Å². The number of thiophene rings is 1. The van der Waals surface area contributed by atoms with Crippen LogP contribution in [-0.4, -0.2) is 31.9 Å². The molecule has 6 heteroatoms. The van der Waals surface area contributed by atoms with Gasteiger partial charge in [0.1, 0.15) is 0 Å². The largest absolute Gasteiger partial charge is 0.348 e. The highest BCUT2D eigenvalue weighted by Gasteiger charge is 2.29. The van der Waals surface area contributed by atoms with Gasteiger partial charge in [0.15, 0.2) is 9.84 Å². The number of hydrogen-bond acceptors (Lipinski definition) is 4. The van der Waals surface area contributed by atoms with E-state index >= 15 is 0 Å². The third-order valence-electron chi connectivity index (χ3n) is 2.35. The highest BCUT2D eigenvalue weighted by Crippen LogP contribution is 2.13. The number of hydrogen-bond donors (Lipinski definition) is 1. The van der Waals surface area contributed by atoms with E-state index in [1.807, 2.05) is 5.38 Å². The zero-order chi connectivity index (χ0) is 10.9. The molecule has 1 N–H and O–H groups in total. The summed E-state index contributed by atoms with van der Waals surface area (Å²) in [4.78, 5) is 11.6. The van der Waals surface area contributed by atoms with Crippen LogP contribution >= 0.6 is 11.3 Å². The number of nitrogens with one attached hydrogen (secondary N) is 1. The average molecular weight is 245 g/mol. The zero-order valence-electron chi connectivity index (χ0n) is 7.97. The number of rotatable bonds is 2. The molecule has 2 rings (SSSR count). The van der Waals surface area contributed by atoms with Gasteiger partial charge in [0.2, 0.25) is 0 Å². The second-order valence-corrected chi connectivity index (χ2v) is 6.59. The van der Waals surface area contributed by atoms with Crippen molar-refractivity contribution in [1.29, 1.82) is 0 Å². The first-order valence-corrected chi connectivity index (χ1v) is 7.37. The Morgan fingerprint density at radius 1 is 1.53 bits per heavy atom. The van der Waals surface area contributed by atoms with Crippen molar-refractivity contribution in [3.8, 4) is 0 Å². The first-order valence-electron chi connectivity index (χ1n) is 4.60. The van der Waals surface area contributed by atoms with Gasteiger partial charge < -0.3 is 5.32 Å². The van der Waals surface area contributed by atoms with Crippen molar-refractivity contribution in [3.05, 3.63) is 22.4 Å². The van der Waals surface area contributed by atoms with Gasteiger partial charge in [-0.3, -0.25) is 4.79 Å². The van der Waals surface area contributed by atoms with E-state index in [4.69, 9.17) is 0 Å². The Morgan fingerprint density at radius 3 is 2.87 bits per heavy atom. The molecule has 1 saturated heterocycles. The number of carbonyl (C=O) groups is 1. The first kappa shape index (κ1) is 10.6. The minimum absolute atomic E-state index is 0.0723. The molecule has 0 aromatic carbocycles. The molecule has 0 spiro atoms. The van der Waals surface area contributed by atoms with E-state index in [-0.39, 0.29) is 23.5 Å². The van der Waals surface area contributed by atoms with Crippen LogP contribution in [0.25, 0.3) is 0 Å². The Kier molecular flexibility index (Phi) is 2.79. The van der Waals surface area contributed by atoms with Crippen LogP contribution in [0.15, 0.2) is 16.8 Å². The molecule has 1 amide bonds. The molecule has 0 aliphatic carbocycles. The molecule has 0 bridgehead atoms. The maximum absolute atomic E-state index is 11.6. The Hall–Kier alpha value is -0.880. The van der Waals surface area contributed by atoms with Gasteiger partial charge in [-0.2, -0.15) is 11.3 Å². The van der Waals surface area contributed by atoms with E-state index < -0.39 is 9.84 Å². The SMILES string of the molecule is O=C(NC1CCS(=O)(=O)C1)c1ccsc1. The molecule has 1 unspecified atom stereocenters. The maximum Gasteiger partial charge on any atom is 0.252 e. The summed E-state index contributed by atoms with van der Waals surface area (Å²) in [5.74, 6) is 0.0723. The lowest BCUT2D eigenvalue weighted by molar-refractivity contribution is 0.0941. The van der Waals surface area contributed by atoms with Gasteiger partial charge >= 0.3 is 0 Å². The van der Waals surface area contributed by atoms with Crippen LogP contribution in [0.3, 0.4) is 0 Å². The Morgan fingerprint density at radius 2 is 2.33 bits per heavy atom. The Bertz CT molecular complexity index is 450. The fourth-order valence-corrected chi connectivity index (χ4v) is 3.88. The molecule has 1 aromatic rings. The Labute approximate surface area is 92.2 Å². The van der Waals surface area contributed by atoms with Crippen LogP contribution in [0.4, 0.5) is 0 Å². The average Bonchev–Trinajstić information content (AvgIpc) is 2.74. The molecule has 2 heterocycles. The lowest BCUT2D eigenvalue weighted by Crippen LogP contribution is -2.35. The van der Waals surface area contributed by atoms with Crippen molar-refractivity contribution < 1.29 is 13.2 Å². The molecule has 15 heavy (non-hydrogen) atoms. The lowest BCUT2D eigenvalue weighted by Gasteiger charge is -2.09. The standard InChI is InChI=1S/C9H11NO3S2/c11-9(7-1-3-14-5-7)10-8-2-4-15(12,13)6-8/h1,3,5,8H,2,4,6H2,(H,10,11). The summed E-state index contributed by atoms with van der Waals surface area (Å²) in [6.45, 7) is 0. The first-order chi connectivity index (χ1) is 7.07. The van der Waals surface area contributed by atoms with Crippen molar-refractivity contribution in [2.75, 3.05) is 11.5 Å². The quantitative estimate of drug-likeness (QED) is 0.832. The van der Waals surface area contributed by atoms with E-state index in [0.717, 1.165) is 0 Å². The summed E-state index contributed by atoms with van der Waals surface area (Å²) >= 11 is 1.45. The molecular formula is C9H11NO3S2. The van der Waals surface area contributed by atoms with Gasteiger partial charge in [-0.1, -0.05) is 0 Å². The van der Waals surface area contributed by atoms with Gasteiger partial charge in [-0.15, -0.1) is 0 Å². The fourth-order valence-electron chi connectivity index (χ4n) is 1.57. The van der Waals surface area contributed by atoms with Gasteiger partial charge in [-0.25, -0.2) is 8.42 Å². The number of sulfone groups is 1. The second-order valence-electron chi connectivity index (χ2n) is 3.59. The van der Waals surface area contributed by atoms with Gasteiger partial charge in [0.05, 0.1) is 11.5 Å². The van der Waals surface area contributed by atoms with Crippen LogP contribution in [0.5, 0.6) is 0 Å². The van der Waals surface area contributed by atoms with E-state index in [9.17, 15) is 13.2 Å². The molecule has 1 aliphatic heterocycles. The summed E-state index contributed by atoms with van der Waals surface area (Å²) in [5, 5.41) is 6.29.